The second-order valence-corrected chi connectivity index (χ2v) is 4.52. The van der Waals surface area contributed by atoms with Crippen molar-refractivity contribution in [1.82, 2.24) is 10.2 Å². The molecule has 1 N–H and O–H groups in total. The molecule has 0 bridgehead atoms. The van der Waals surface area contributed by atoms with Crippen LogP contribution >= 0.6 is 0 Å². The van der Waals surface area contributed by atoms with E-state index in [1.54, 1.807) is 0 Å². The molecule has 2 aliphatic rings. The van der Waals surface area contributed by atoms with Crippen molar-refractivity contribution in [2.75, 3.05) is 26.2 Å². The third-order valence-electron chi connectivity index (χ3n) is 3.19. The zero-order valence-electron chi connectivity index (χ0n) is 9.17. The maximum Gasteiger partial charge on any atom is 0.110 e. The molecule has 0 amide bonds. The first-order chi connectivity index (χ1) is 6.86. The molecule has 0 aromatic carbocycles. The zero-order valence-corrected chi connectivity index (χ0v) is 9.17. The van der Waals surface area contributed by atoms with Crippen molar-refractivity contribution < 1.29 is 4.74 Å². The number of hydrogen-bond donors (Lipinski definition) is 1. The van der Waals surface area contributed by atoms with E-state index in [9.17, 15) is 0 Å². The summed E-state index contributed by atoms with van der Waals surface area (Å²) < 4.78 is 5.82. The van der Waals surface area contributed by atoms with Gasteiger partial charge in [-0.15, -0.1) is 0 Å². The van der Waals surface area contributed by atoms with Crippen LogP contribution in [0.3, 0.4) is 0 Å². The summed E-state index contributed by atoms with van der Waals surface area (Å²) in [6, 6.07) is 0.614. The third kappa shape index (κ3) is 2.69. The van der Waals surface area contributed by atoms with E-state index in [0.717, 1.165) is 19.7 Å². The van der Waals surface area contributed by atoms with Crippen LogP contribution < -0.4 is 5.32 Å². The Morgan fingerprint density at radius 2 is 2.21 bits per heavy atom. The lowest BCUT2D eigenvalue weighted by Gasteiger charge is -2.34. The maximum absolute atomic E-state index is 5.82. The summed E-state index contributed by atoms with van der Waals surface area (Å²) in [5.41, 5.74) is 0. The van der Waals surface area contributed by atoms with Crippen LogP contribution in [0.5, 0.6) is 0 Å². The first-order valence-electron chi connectivity index (χ1n) is 5.95. The van der Waals surface area contributed by atoms with Crippen LogP contribution in [0.15, 0.2) is 0 Å². The molecule has 0 spiro atoms. The van der Waals surface area contributed by atoms with Crippen molar-refractivity contribution in [3.8, 4) is 0 Å². The summed E-state index contributed by atoms with van der Waals surface area (Å²) in [7, 11) is 0. The minimum atomic E-state index is 0.408. The monoisotopic (exact) mass is 198 g/mol. The van der Waals surface area contributed by atoms with Gasteiger partial charge in [0.1, 0.15) is 6.23 Å². The Kier molecular flexibility index (Phi) is 3.79. The van der Waals surface area contributed by atoms with E-state index in [1.165, 1.54) is 32.2 Å². The van der Waals surface area contributed by atoms with Crippen molar-refractivity contribution >= 4 is 0 Å². The molecule has 82 valence electrons. The van der Waals surface area contributed by atoms with Gasteiger partial charge in [-0.05, 0) is 39.2 Å². The van der Waals surface area contributed by atoms with Crippen molar-refractivity contribution in [2.45, 2.75) is 44.9 Å². The number of hydrogen-bond acceptors (Lipinski definition) is 3. The lowest BCUT2D eigenvalue weighted by molar-refractivity contribution is -0.0855. The Balaban J connectivity index is 1.87. The average molecular weight is 198 g/mol. The predicted molar refractivity (Wildman–Crippen MR) is 57.2 cm³/mol. The predicted octanol–water partition coefficient (Wildman–Crippen LogP) is 1.20. The largest absolute Gasteiger partial charge is 0.363 e. The van der Waals surface area contributed by atoms with Crippen LogP contribution in [0.25, 0.3) is 0 Å². The zero-order chi connectivity index (χ0) is 9.80. The lowest BCUT2D eigenvalue weighted by atomic mass is 10.1. The molecule has 2 fully saturated rings. The van der Waals surface area contributed by atoms with Crippen LogP contribution in [-0.2, 0) is 4.74 Å². The van der Waals surface area contributed by atoms with Gasteiger partial charge in [0, 0.05) is 25.7 Å². The Labute approximate surface area is 86.8 Å². The molecule has 2 unspecified atom stereocenters. The van der Waals surface area contributed by atoms with E-state index in [4.69, 9.17) is 4.74 Å². The smallest absolute Gasteiger partial charge is 0.110 e. The first kappa shape index (κ1) is 10.4. The Hall–Kier alpha value is -0.120. The summed E-state index contributed by atoms with van der Waals surface area (Å²) in [4.78, 5) is 2.52. The van der Waals surface area contributed by atoms with E-state index < -0.39 is 0 Å². The van der Waals surface area contributed by atoms with E-state index >= 15 is 0 Å². The fourth-order valence-corrected chi connectivity index (χ4v) is 2.41. The molecule has 0 aromatic heterocycles. The van der Waals surface area contributed by atoms with Crippen molar-refractivity contribution in [1.29, 1.82) is 0 Å². The second-order valence-electron chi connectivity index (χ2n) is 4.52. The number of rotatable bonds is 1. The van der Waals surface area contributed by atoms with Crippen LogP contribution in [0.4, 0.5) is 0 Å². The van der Waals surface area contributed by atoms with Gasteiger partial charge in [0.05, 0.1) is 0 Å². The fraction of sp³-hybridized carbons (Fsp3) is 1.00. The van der Waals surface area contributed by atoms with Crippen molar-refractivity contribution in [3.63, 3.8) is 0 Å². The van der Waals surface area contributed by atoms with Gasteiger partial charge < -0.3 is 10.1 Å². The average Bonchev–Trinajstić information content (AvgIpc) is 2.44. The molecule has 0 radical (unpaired) electrons. The molecule has 2 aliphatic heterocycles. The van der Waals surface area contributed by atoms with Crippen LogP contribution in [0.2, 0.25) is 0 Å². The number of ether oxygens (including phenoxy) is 1. The number of nitrogens with one attached hydrogen (secondary N) is 1. The third-order valence-corrected chi connectivity index (χ3v) is 3.19. The van der Waals surface area contributed by atoms with Crippen LogP contribution in [0.1, 0.15) is 32.6 Å². The van der Waals surface area contributed by atoms with Gasteiger partial charge in [-0.2, -0.15) is 0 Å². The topological polar surface area (TPSA) is 24.5 Å². The Morgan fingerprint density at radius 1 is 1.29 bits per heavy atom. The normalized spacial score (nSPS) is 36.6. The van der Waals surface area contributed by atoms with Crippen LogP contribution in [-0.4, -0.2) is 43.4 Å². The lowest BCUT2D eigenvalue weighted by Crippen LogP contribution is -2.44. The summed E-state index contributed by atoms with van der Waals surface area (Å²) in [5.74, 6) is 0. The highest BCUT2D eigenvalue weighted by Gasteiger charge is 2.24. The fourth-order valence-electron chi connectivity index (χ4n) is 2.41. The standard InChI is InChI=1S/C11H22N2O/c1-10-9-13(7-4-6-12-10)11-5-2-3-8-14-11/h10-12H,2-9H2,1H3. The minimum Gasteiger partial charge on any atom is -0.363 e. The molecule has 2 rings (SSSR count). The molecular formula is C11H22N2O. The summed E-state index contributed by atoms with van der Waals surface area (Å²) in [6.45, 7) is 6.72. The van der Waals surface area contributed by atoms with E-state index in [2.05, 4.69) is 17.1 Å². The molecule has 3 heteroatoms. The highest BCUT2D eigenvalue weighted by atomic mass is 16.5. The molecule has 0 aromatic rings. The molecular weight excluding hydrogens is 176 g/mol. The number of nitrogens with zero attached hydrogens (tertiary/aromatic N) is 1. The SMILES string of the molecule is CC1CN(C2CCCCO2)CCCN1. The highest BCUT2D eigenvalue weighted by molar-refractivity contribution is 4.76. The van der Waals surface area contributed by atoms with Crippen molar-refractivity contribution in [3.05, 3.63) is 0 Å². The maximum atomic E-state index is 5.82. The molecule has 3 nitrogen and oxygen atoms in total. The van der Waals surface area contributed by atoms with Gasteiger partial charge in [0.25, 0.3) is 0 Å². The highest BCUT2D eigenvalue weighted by Crippen LogP contribution is 2.18. The molecule has 2 heterocycles. The van der Waals surface area contributed by atoms with Gasteiger partial charge in [-0.1, -0.05) is 0 Å². The van der Waals surface area contributed by atoms with Gasteiger partial charge >= 0.3 is 0 Å². The van der Waals surface area contributed by atoms with Gasteiger partial charge in [-0.25, -0.2) is 0 Å². The summed E-state index contributed by atoms with van der Waals surface area (Å²) >= 11 is 0. The van der Waals surface area contributed by atoms with E-state index in [0.29, 0.717) is 12.3 Å². The van der Waals surface area contributed by atoms with E-state index in [1.807, 2.05) is 0 Å². The van der Waals surface area contributed by atoms with Gasteiger partial charge in [0.15, 0.2) is 0 Å². The molecule has 2 saturated heterocycles. The van der Waals surface area contributed by atoms with Crippen molar-refractivity contribution in [2.24, 2.45) is 0 Å². The molecule has 0 saturated carbocycles. The van der Waals surface area contributed by atoms with Gasteiger partial charge in [-0.3, -0.25) is 4.90 Å². The Morgan fingerprint density at radius 3 is 3.00 bits per heavy atom. The molecule has 2 atom stereocenters. The van der Waals surface area contributed by atoms with Crippen LogP contribution in [0, 0.1) is 0 Å². The minimum absolute atomic E-state index is 0.408. The van der Waals surface area contributed by atoms with Gasteiger partial charge in [0.2, 0.25) is 0 Å². The van der Waals surface area contributed by atoms with E-state index in [-0.39, 0.29) is 0 Å². The molecule has 14 heavy (non-hydrogen) atoms. The molecule has 0 aliphatic carbocycles. The summed E-state index contributed by atoms with van der Waals surface area (Å²) in [6.07, 6.45) is 5.48. The Bertz CT molecular complexity index is 169. The second kappa shape index (κ2) is 5.10. The first-order valence-corrected chi connectivity index (χ1v) is 5.95. The summed E-state index contributed by atoms with van der Waals surface area (Å²) in [5, 5.41) is 3.52. The quantitative estimate of drug-likeness (QED) is 0.685.